The van der Waals surface area contributed by atoms with E-state index in [1.165, 1.54) is 24.3 Å². The van der Waals surface area contributed by atoms with Crippen LogP contribution in [-0.4, -0.2) is 43.2 Å². The van der Waals surface area contributed by atoms with Gasteiger partial charge in [0.2, 0.25) is 0 Å². The fraction of sp³-hybridized carbons (Fsp3) is 0.100. The highest BCUT2D eigenvalue weighted by molar-refractivity contribution is 14.1. The lowest BCUT2D eigenvalue weighted by Crippen LogP contribution is -2.30. The summed E-state index contributed by atoms with van der Waals surface area (Å²) in [4.78, 5) is 21.7. The Morgan fingerprint density at radius 1 is 0.697 bits per heavy atom. The van der Waals surface area contributed by atoms with Gasteiger partial charge >= 0.3 is 12.2 Å². The largest absolute Gasteiger partial charge is 0.452 e. The fourth-order valence-electron chi connectivity index (χ4n) is 2.37. The van der Waals surface area contributed by atoms with E-state index in [2.05, 4.69) is 32.1 Å². The summed E-state index contributed by atoms with van der Waals surface area (Å²) in [5, 5.41) is 1.71. The summed E-state index contributed by atoms with van der Waals surface area (Å²) in [5.41, 5.74) is 0. The van der Waals surface area contributed by atoms with E-state index in [4.69, 9.17) is 0 Å². The molecule has 2 amide bonds. The van der Waals surface area contributed by atoms with E-state index in [0.717, 1.165) is 28.6 Å². The van der Waals surface area contributed by atoms with Crippen molar-refractivity contribution in [3.05, 3.63) is 70.3 Å². The molecule has 0 aliphatic carbocycles. The molecule has 176 valence electrons. The molecule has 0 atom stereocenters. The molecule has 0 aromatic heterocycles. The Kier molecular flexibility index (Phi) is 9.01. The topological polar surface area (TPSA) is 145 Å². The summed E-state index contributed by atoms with van der Waals surface area (Å²) >= 11 is 2.05. The van der Waals surface area contributed by atoms with Gasteiger partial charge in [0, 0.05) is 3.57 Å². The molecular formula is C20H19IN2O8S2. The highest BCUT2D eigenvalue weighted by atomic mass is 127. The number of hydrogen-bond acceptors (Lipinski definition) is 8. The Morgan fingerprint density at radius 2 is 1.15 bits per heavy atom. The minimum atomic E-state index is -3.89. The van der Waals surface area contributed by atoms with E-state index in [1.54, 1.807) is 33.7 Å². The number of sulfonamides is 2. The van der Waals surface area contributed by atoms with Crippen LogP contribution in [-0.2, 0) is 29.5 Å². The van der Waals surface area contributed by atoms with Crippen molar-refractivity contribution < 1.29 is 35.9 Å². The quantitative estimate of drug-likeness (QED) is 0.431. The van der Waals surface area contributed by atoms with E-state index < -0.39 is 32.2 Å². The van der Waals surface area contributed by atoms with Gasteiger partial charge in [-0.15, -0.1) is 0 Å². The van der Waals surface area contributed by atoms with Gasteiger partial charge < -0.3 is 9.47 Å². The van der Waals surface area contributed by atoms with E-state index in [9.17, 15) is 26.4 Å². The lowest BCUT2D eigenvalue weighted by atomic mass is 10.1. The van der Waals surface area contributed by atoms with Crippen molar-refractivity contribution in [3.8, 4) is 0 Å². The van der Waals surface area contributed by atoms with Gasteiger partial charge in [-0.05, 0) is 69.8 Å². The summed E-state index contributed by atoms with van der Waals surface area (Å²) in [6, 6.07) is 18.1. The Balaban J connectivity index is 0.000000238. The summed E-state index contributed by atoms with van der Waals surface area (Å²) < 4.78 is 59.6. The Bertz CT molecular complexity index is 1360. The molecule has 0 aliphatic heterocycles. The van der Waals surface area contributed by atoms with Crippen molar-refractivity contribution in [2.75, 3.05) is 14.2 Å². The number of benzene rings is 3. The van der Waals surface area contributed by atoms with Crippen molar-refractivity contribution in [2.24, 2.45) is 0 Å². The van der Waals surface area contributed by atoms with Crippen LogP contribution in [0, 0.1) is 3.57 Å². The van der Waals surface area contributed by atoms with Crippen molar-refractivity contribution in [1.29, 1.82) is 0 Å². The molecule has 0 aliphatic rings. The molecule has 0 heterocycles. The molecule has 13 heteroatoms. The molecule has 2 N–H and O–H groups in total. The van der Waals surface area contributed by atoms with Crippen LogP contribution in [0.5, 0.6) is 0 Å². The number of fused-ring (bicyclic) bond motifs is 1. The number of carbonyl (C=O) groups excluding carboxylic acids is 2. The van der Waals surface area contributed by atoms with Crippen molar-refractivity contribution in [1.82, 2.24) is 9.44 Å². The second-order valence-corrected chi connectivity index (χ2v) is 10.8. The maximum Gasteiger partial charge on any atom is 0.420 e. The summed E-state index contributed by atoms with van der Waals surface area (Å²) in [6.07, 6.45) is -2.02. The number of hydrogen-bond donors (Lipinski definition) is 2. The molecule has 3 rings (SSSR count). The summed E-state index contributed by atoms with van der Waals surface area (Å²) in [6.45, 7) is 0. The average molecular weight is 606 g/mol. The molecule has 0 fully saturated rings. The molecule has 10 nitrogen and oxygen atoms in total. The molecule has 0 unspecified atom stereocenters. The van der Waals surface area contributed by atoms with E-state index in [-0.39, 0.29) is 9.79 Å². The van der Waals surface area contributed by atoms with Crippen molar-refractivity contribution in [2.45, 2.75) is 9.79 Å². The molecule has 0 spiro atoms. The maximum atomic E-state index is 11.8. The SMILES string of the molecule is COC(=O)NS(=O)(=O)c1ccc(I)cc1.COC(=O)NS(=O)(=O)c1ccc2ccccc2c1. The van der Waals surface area contributed by atoms with Gasteiger partial charge in [0.05, 0.1) is 24.0 Å². The van der Waals surface area contributed by atoms with Gasteiger partial charge in [-0.3, -0.25) is 0 Å². The smallest absolute Gasteiger partial charge is 0.420 e. The zero-order chi connectivity index (χ0) is 24.6. The third-order valence-corrected chi connectivity index (χ3v) is 7.32. The van der Waals surface area contributed by atoms with Gasteiger partial charge in [-0.25, -0.2) is 35.9 Å². The van der Waals surface area contributed by atoms with Crippen molar-refractivity contribution >= 4 is 65.6 Å². The first-order valence-electron chi connectivity index (χ1n) is 8.94. The number of methoxy groups -OCH3 is 2. The normalized spacial score (nSPS) is 11.0. The average Bonchev–Trinajstić information content (AvgIpc) is 2.78. The van der Waals surface area contributed by atoms with E-state index >= 15 is 0 Å². The van der Waals surface area contributed by atoms with Crippen molar-refractivity contribution in [3.63, 3.8) is 0 Å². The molecule has 3 aromatic rings. The zero-order valence-electron chi connectivity index (χ0n) is 17.3. The van der Waals surface area contributed by atoms with Crippen LogP contribution in [0.15, 0.2) is 76.5 Å². The van der Waals surface area contributed by atoms with Crippen LogP contribution in [0.3, 0.4) is 0 Å². The third-order valence-electron chi connectivity index (χ3n) is 3.96. The first-order valence-corrected chi connectivity index (χ1v) is 13.0. The van der Waals surface area contributed by atoms with Crippen LogP contribution >= 0.6 is 22.6 Å². The minimum absolute atomic E-state index is 0.0200. The number of nitrogens with one attached hydrogen (secondary N) is 2. The van der Waals surface area contributed by atoms with Crippen LogP contribution in [0.1, 0.15) is 0 Å². The third kappa shape index (κ3) is 7.57. The second-order valence-electron chi connectivity index (χ2n) is 6.16. The summed E-state index contributed by atoms with van der Waals surface area (Å²) in [7, 11) is -5.51. The van der Waals surface area contributed by atoms with Gasteiger partial charge in [0.1, 0.15) is 0 Å². The first kappa shape index (κ1) is 26.3. The lowest BCUT2D eigenvalue weighted by molar-refractivity contribution is 0.176. The molecule has 33 heavy (non-hydrogen) atoms. The van der Waals surface area contributed by atoms with Gasteiger partial charge in [-0.2, -0.15) is 0 Å². The molecule has 0 saturated heterocycles. The number of rotatable bonds is 4. The lowest BCUT2D eigenvalue weighted by Gasteiger charge is -2.06. The van der Waals surface area contributed by atoms with Crippen LogP contribution in [0.25, 0.3) is 10.8 Å². The zero-order valence-corrected chi connectivity index (χ0v) is 21.1. The van der Waals surface area contributed by atoms with Gasteiger partial charge in [0.25, 0.3) is 20.0 Å². The monoisotopic (exact) mass is 606 g/mol. The minimum Gasteiger partial charge on any atom is -0.452 e. The number of ether oxygens (including phenoxy) is 2. The highest BCUT2D eigenvalue weighted by Gasteiger charge is 2.18. The fourth-order valence-corrected chi connectivity index (χ4v) is 4.59. The van der Waals surface area contributed by atoms with E-state index in [1.807, 2.05) is 18.2 Å². The maximum absolute atomic E-state index is 11.8. The number of amides is 2. The highest BCUT2D eigenvalue weighted by Crippen LogP contribution is 2.18. The molecule has 0 saturated carbocycles. The Hall–Kier alpha value is -2.91. The first-order chi connectivity index (χ1) is 15.5. The molecular weight excluding hydrogens is 587 g/mol. The molecule has 0 bridgehead atoms. The van der Waals surface area contributed by atoms with Gasteiger partial charge in [0.15, 0.2) is 0 Å². The van der Waals surface area contributed by atoms with Gasteiger partial charge in [-0.1, -0.05) is 30.3 Å². The second kappa shape index (κ2) is 11.3. The number of halogens is 1. The summed E-state index contributed by atoms with van der Waals surface area (Å²) in [5.74, 6) is 0. The Labute approximate surface area is 204 Å². The Morgan fingerprint density at radius 3 is 1.67 bits per heavy atom. The van der Waals surface area contributed by atoms with Crippen LogP contribution < -0.4 is 9.44 Å². The van der Waals surface area contributed by atoms with Crippen LogP contribution in [0.2, 0.25) is 0 Å². The predicted octanol–water partition coefficient (Wildman–Crippen LogP) is 3.22. The predicted molar refractivity (Wildman–Crippen MR) is 129 cm³/mol. The molecule has 0 radical (unpaired) electrons. The number of carbonyl (C=O) groups is 2. The van der Waals surface area contributed by atoms with Crippen LogP contribution in [0.4, 0.5) is 9.59 Å². The van der Waals surface area contributed by atoms with E-state index in [0.29, 0.717) is 0 Å². The standard InChI is InChI=1S/C12H11NO4S.C8H8INO4S/c1-17-12(14)13-18(15,16)11-7-6-9-4-2-3-5-10(9)8-11;1-14-8(11)10-15(12,13)7-4-2-6(9)3-5-7/h2-8H,1H3,(H,13,14);2-5H,1H3,(H,10,11). The molecule has 3 aromatic carbocycles.